The maximum Gasteiger partial charge on any atom is 0.0523 e. The minimum atomic E-state index is 0.891. The highest BCUT2D eigenvalue weighted by atomic mass is 32.2. The quantitative estimate of drug-likeness (QED) is 0.647. The summed E-state index contributed by atoms with van der Waals surface area (Å²) < 4.78 is 0. The van der Waals surface area contributed by atoms with Gasteiger partial charge in [-0.1, -0.05) is 29.3 Å². The van der Waals surface area contributed by atoms with Gasteiger partial charge in [0.2, 0.25) is 0 Å². The van der Waals surface area contributed by atoms with Crippen LogP contribution in [0.2, 0.25) is 0 Å². The van der Waals surface area contributed by atoms with Gasteiger partial charge in [-0.25, -0.2) is 0 Å². The highest BCUT2D eigenvalue weighted by Crippen LogP contribution is 2.20. The lowest BCUT2D eigenvalue weighted by Crippen LogP contribution is -2.07. The molecule has 0 aliphatic heterocycles. The molecule has 19 heavy (non-hydrogen) atoms. The summed E-state index contributed by atoms with van der Waals surface area (Å²) in [6.45, 7) is 4.28. The average molecular weight is 273 g/mol. The minimum absolute atomic E-state index is 0.891. The number of nitrogens with two attached hydrogens (primary N) is 1. The minimum Gasteiger partial charge on any atom is -0.324 e. The molecule has 0 atom stereocenters. The molecule has 2 rings (SSSR count). The second-order valence-corrected chi connectivity index (χ2v) is 5.65. The zero-order valence-electron chi connectivity index (χ0n) is 11.3. The lowest BCUT2D eigenvalue weighted by atomic mass is 10.1. The summed E-state index contributed by atoms with van der Waals surface area (Å²) in [6, 6.07) is 10.5. The highest BCUT2D eigenvalue weighted by Gasteiger charge is 2.00. The Kier molecular flexibility index (Phi) is 4.82. The van der Waals surface area contributed by atoms with Crippen molar-refractivity contribution >= 4 is 17.4 Å². The van der Waals surface area contributed by atoms with E-state index >= 15 is 0 Å². The molecule has 0 aliphatic carbocycles. The first kappa shape index (κ1) is 13.9. The molecule has 0 aliphatic rings. The standard InChI is InChI=1S/C15H19N3S/c1-11-5-12(2)7-13(6-11)9-19-10-15-8-14(18-16)3-4-17-15/h3-8H,9-10,16H2,1-2H3,(H,17,18). The van der Waals surface area contributed by atoms with Crippen LogP contribution in [0.4, 0.5) is 5.69 Å². The predicted molar refractivity (Wildman–Crippen MR) is 83.0 cm³/mol. The van der Waals surface area contributed by atoms with Crippen molar-refractivity contribution < 1.29 is 0 Å². The van der Waals surface area contributed by atoms with Crippen molar-refractivity contribution in [3.63, 3.8) is 0 Å². The first-order chi connectivity index (χ1) is 9.17. The Morgan fingerprint density at radius 3 is 2.53 bits per heavy atom. The zero-order valence-corrected chi connectivity index (χ0v) is 12.1. The third-order valence-electron chi connectivity index (χ3n) is 2.78. The Morgan fingerprint density at radius 2 is 1.84 bits per heavy atom. The van der Waals surface area contributed by atoms with Crippen LogP contribution in [0, 0.1) is 13.8 Å². The summed E-state index contributed by atoms with van der Waals surface area (Å²) in [5.41, 5.74) is 8.60. The molecule has 3 nitrogen and oxygen atoms in total. The Balaban J connectivity index is 1.92. The third kappa shape index (κ3) is 4.26. The van der Waals surface area contributed by atoms with Gasteiger partial charge in [-0.05, 0) is 31.5 Å². The van der Waals surface area contributed by atoms with Crippen LogP contribution < -0.4 is 11.3 Å². The number of anilines is 1. The molecule has 2 aromatic rings. The van der Waals surface area contributed by atoms with Gasteiger partial charge in [-0.3, -0.25) is 10.8 Å². The number of pyridine rings is 1. The number of nitrogens with one attached hydrogen (secondary N) is 1. The molecular weight excluding hydrogens is 254 g/mol. The van der Waals surface area contributed by atoms with E-state index in [-0.39, 0.29) is 0 Å². The molecule has 1 heterocycles. The Bertz CT molecular complexity index is 535. The van der Waals surface area contributed by atoms with E-state index < -0.39 is 0 Å². The van der Waals surface area contributed by atoms with E-state index in [0.29, 0.717) is 0 Å². The molecule has 3 N–H and O–H groups in total. The smallest absolute Gasteiger partial charge is 0.0523 e. The van der Waals surface area contributed by atoms with E-state index in [9.17, 15) is 0 Å². The summed E-state index contributed by atoms with van der Waals surface area (Å²) in [5, 5.41) is 0. The molecule has 0 spiro atoms. The second kappa shape index (κ2) is 6.59. The molecule has 0 amide bonds. The fourth-order valence-corrected chi connectivity index (χ4v) is 2.94. The molecule has 0 radical (unpaired) electrons. The van der Waals surface area contributed by atoms with Crippen LogP contribution in [0.3, 0.4) is 0 Å². The largest absolute Gasteiger partial charge is 0.324 e. The van der Waals surface area contributed by atoms with Crippen molar-refractivity contribution in [3.8, 4) is 0 Å². The lowest BCUT2D eigenvalue weighted by molar-refractivity contribution is 1.16. The molecular formula is C15H19N3S. The van der Waals surface area contributed by atoms with Gasteiger partial charge in [0.25, 0.3) is 0 Å². The van der Waals surface area contributed by atoms with E-state index in [4.69, 9.17) is 5.84 Å². The number of nitrogens with zero attached hydrogens (tertiary/aromatic N) is 1. The first-order valence-corrected chi connectivity index (χ1v) is 7.39. The van der Waals surface area contributed by atoms with Crippen LogP contribution in [-0.2, 0) is 11.5 Å². The summed E-state index contributed by atoms with van der Waals surface area (Å²) in [5.74, 6) is 7.28. The summed E-state index contributed by atoms with van der Waals surface area (Å²) >= 11 is 1.86. The van der Waals surface area contributed by atoms with Crippen LogP contribution in [0.1, 0.15) is 22.4 Å². The van der Waals surface area contributed by atoms with E-state index in [0.717, 1.165) is 22.9 Å². The van der Waals surface area contributed by atoms with Crippen LogP contribution in [0.25, 0.3) is 0 Å². The lowest BCUT2D eigenvalue weighted by Gasteiger charge is -2.06. The number of hydrazine groups is 1. The number of benzene rings is 1. The maximum absolute atomic E-state index is 5.39. The molecule has 1 aromatic carbocycles. The van der Waals surface area contributed by atoms with Crippen molar-refractivity contribution in [2.24, 2.45) is 5.84 Å². The fourth-order valence-electron chi connectivity index (χ4n) is 2.07. The second-order valence-electron chi connectivity index (χ2n) is 4.67. The number of aromatic nitrogens is 1. The molecule has 0 saturated heterocycles. The van der Waals surface area contributed by atoms with Crippen molar-refractivity contribution in [2.45, 2.75) is 25.4 Å². The summed E-state index contributed by atoms with van der Waals surface area (Å²) in [7, 11) is 0. The SMILES string of the molecule is Cc1cc(C)cc(CSCc2cc(NN)ccn2)c1. The topological polar surface area (TPSA) is 50.9 Å². The van der Waals surface area contributed by atoms with E-state index in [1.807, 2.05) is 23.9 Å². The Morgan fingerprint density at radius 1 is 1.11 bits per heavy atom. The summed E-state index contributed by atoms with van der Waals surface area (Å²) in [6.07, 6.45) is 1.78. The van der Waals surface area contributed by atoms with Gasteiger partial charge in [-0.2, -0.15) is 11.8 Å². The Hall–Kier alpha value is -1.52. The number of thioether (sulfide) groups is 1. The monoisotopic (exact) mass is 273 g/mol. The molecule has 0 unspecified atom stereocenters. The van der Waals surface area contributed by atoms with Crippen molar-refractivity contribution in [1.29, 1.82) is 0 Å². The van der Waals surface area contributed by atoms with E-state index in [1.54, 1.807) is 6.20 Å². The van der Waals surface area contributed by atoms with Gasteiger partial charge >= 0.3 is 0 Å². The average Bonchev–Trinajstić information content (AvgIpc) is 2.38. The molecule has 0 saturated carbocycles. The van der Waals surface area contributed by atoms with Gasteiger partial charge in [0.1, 0.15) is 0 Å². The van der Waals surface area contributed by atoms with Crippen LogP contribution in [-0.4, -0.2) is 4.98 Å². The summed E-state index contributed by atoms with van der Waals surface area (Å²) in [4.78, 5) is 4.34. The van der Waals surface area contributed by atoms with Gasteiger partial charge in [0.05, 0.1) is 11.4 Å². The van der Waals surface area contributed by atoms with Crippen molar-refractivity contribution in [2.75, 3.05) is 5.43 Å². The number of hydrogen-bond donors (Lipinski definition) is 2. The molecule has 0 fully saturated rings. The predicted octanol–water partition coefficient (Wildman–Crippen LogP) is 3.42. The van der Waals surface area contributed by atoms with Gasteiger partial charge in [0.15, 0.2) is 0 Å². The first-order valence-electron chi connectivity index (χ1n) is 6.24. The van der Waals surface area contributed by atoms with Crippen molar-refractivity contribution in [1.82, 2.24) is 4.98 Å². The number of nitrogen functional groups attached to an aromatic ring is 1. The van der Waals surface area contributed by atoms with E-state index in [1.165, 1.54) is 16.7 Å². The van der Waals surface area contributed by atoms with Gasteiger partial charge in [-0.15, -0.1) is 0 Å². The zero-order chi connectivity index (χ0) is 13.7. The number of hydrogen-bond acceptors (Lipinski definition) is 4. The van der Waals surface area contributed by atoms with Crippen LogP contribution in [0.15, 0.2) is 36.5 Å². The number of rotatable bonds is 5. The normalized spacial score (nSPS) is 10.5. The van der Waals surface area contributed by atoms with Crippen LogP contribution >= 0.6 is 11.8 Å². The van der Waals surface area contributed by atoms with Crippen LogP contribution in [0.5, 0.6) is 0 Å². The third-order valence-corrected chi connectivity index (χ3v) is 3.82. The van der Waals surface area contributed by atoms with Crippen molar-refractivity contribution in [3.05, 3.63) is 58.9 Å². The fraction of sp³-hybridized carbons (Fsp3) is 0.267. The maximum atomic E-state index is 5.39. The van der Waals surface area contributed by atoms with Gasteiger partial charge < -0.3 is 5.43 Å². The Labute approximate surface area is 118 Å². The van der Waals surface area contributed by atoms with E-state index in [2.05, 4.69) is 42.5 Å². The highest BCUT2D eigenvalue weighted by molar-refractivity contribution is 7.97. The molecule has 4 heteroatoms. The van der Waals surface area contributed by atoms with Gasteiger partial charge in [0, 0.05) is 17.7 Å². The number of aryl methyl sites for hydroxylation is 2. The molecule has 1 aromatic heterocycles. The molecule has 0 bridgehead atoms. The molecule has 100 valence electrons.